The van der Waals surface area contributed by atoms with Crippen molar-refractivity contribution in [2.45, 2.75) is 12.5 Å². The lowest BCUT2D eigenvalue weighted by atomic mass is 10.0. The van der Waals surface area contributed by atoms with Gasteiger partial charge < -0.3 is 5.73 Å². The minimum absolute atomic E-state index is 0.116. The van der Waals surface area contributed by atoms with Crippen molar-refractivity contribution in [1.82, 2.24) is 9.78 Å². The van der Waals surface area contributed by atoms with Gasteiger partial charge in [0.2, 0.25) is 0 Å². The summed E-state index contributed by atoms with van der Waals surface area (Å²) in [6.45, 7) is 0. The fourth-order valence-corrected chi connectivity index (χ4v) is 1.70. The lowest BCUT2D eigenvalue weighted by Crippen LogP contribution is -2.22. The molecule has 4 nitrogen and oxygen atoms in total. The van der Waals surface area contributed by atoms with Crippen LogP contribution in [0.2, 0.25) is 0 Å². The first-order valence-electron chi connectivity index (χ1n) is 5.57. The summed E-state index contributed by atoms with van der Waals surface area (Å²) in [5, 5.41) is 3.97. The largest absolute Gasteiger partial charge is 0.318 e. The molecule has 1 aromatic carbocycles. The number of hydrogen-bond donors (Lipinski definition) is 1. The first kappa shape index (κ1) is 12.4. The quantitative estimate of drug-likeness (QED) is 0.887. The number of aryl methyl sites for hydroxylation is 1. The second-order valence-corrected chi connectivity index (χ2v) is 4.19. The van der Waals surface area contributed by atoms with Crippen molar-refractivity contribution in [2.24, 2.45) is 12.8 Å². The normalized spacial score (nSPS) is 12.4. The van der Waals surface area contributed by atoms with Crippen molar-refractivity contribution in [3.63, 3.8) is 0 Å². The maximum absolute atomic E-state index is 12.7. The van der Waals surface area contributed by atoms with Crippen LogP contribution in [0, 0.1) is 5.82 Å². The van der Waals surface area contributed by atoms with E-state index in [1.54, 1.807) is 36.3 Å². The van der Waals surface area contributed by atoms with E-state index < -0.39 is 6.04 Å². The Morgan fingerprint density at radius 1 is 1.44 bits per heavy atom. The molecule has 2 N–H and O–H groups in total. The Hall–Kier alpha value is -2.01. The maximum Gasteiger partial charge on any atom is 0.158 e. The van der Waals surface area contributed by atoms with Gasteiger partial charge in [0.1, 0.15) is 5.82 Å². The van der Waals surface area contributed by atoms with Gasteiger partial charge in [0.15, 0.2) is 5.78 Å². The number of halogens is 1. The Kier molecular flexibility index (Phi) is 3.53. The molecule has 0 saturated heterocycles. The number of hydrogen-bond acceptors (Lipinski definition) is 3. The molecule has 0 aliphatic heterocycles. The molecule has 1 aromatic heterocycles. The standard InChI is InChI=1S/C13H14FN3O/c1-17-8-10(7-16-17)13(15)12(18)6-9-2-4-11(14)5-3-9/h2-5,7-8,13H,6,15H2,1H3. The van der Waals surface area contributed by atoms with Gasteiger partial charge in [-0.15, -0.1) is 0 Å². The zero-order valence-electron chi connectivity index (χ0n) is 10.0. The Balaban J connectivity index is 2.05. The first-order valence-corrected chi connectivity index (χ1v) is 5.57. The van der Waals surface area contributed by atoms with Crippen LogP contribution >= 0.6 is 0 Å². The number of benzene rings is 1. The van der Waals surface area contributed by atoms with Gasteiger partial charge >= 0.3 is 0 Å². The summed E-state index contributed by atoms with van der Waals surface area (Å²) in [6, 6.07) is 5.15. The van der Waals surface area contributed by atoms with Gasteiger partial charge in [-0.25, -0.2) is 4.39 Å². The zero-order chi connectivity index (χ0) is 13.1. The van der Waals surface area contributed by atoms with Crippen molar-refractivity contribution in [3.8, 4) is 0 Å². The number of nitrogens with two attached hydrogens (primary N) is 1. The number of aromatic nitrogens is 2. The van der Waals surface area contributed by atoms with E-state index in [-0.39, 0.29) is 18.0 Å². The molecular weight excluding hydrogens is 233 g/mol. The van der Waals surface area contributed by atoms with E-state index >= 15 is 0 Å². The summed E-state index contributed by atoms with van der Waals surface area (Å²) in [5.41, 5.74) is 7.29. The molecule has 0 aliphatic carbocycles. The van der Waals surface area contributed by atoms with Crippen LogP contribution in [0.1, 0.15) is 17.2 Å². The van der Waals surface area contributed by atoms with Crippen LogP contribution in [0.25, 0.3) is 0 Å². The predicted molar refractivity (Wildman–Crippen MR) is 65.2 cm³/mol. The van der Waals surface area contributed by atoms with E-state index in [9.17, 15) is 9.18 Å². The molecule has 2 aromatic rings. The number of rotatable bonds is 4. The molecule has 1 atom stereocenters. The Labute approximate surface area is 104 Å². The highest BCUT2D eigenvalue weighted by molar-refractivity contribution is 5.86. The van der Waals surface area contributed by atoms with Gasteiger partial charge in [-0.3, -0.25) is 9.48 Å². The molecule has 0 spiro atoms. The van der Waals surface area contributed by atoms with Crippen LogP contribution in [0.3, 0.4) is 0 Å². The molecule has 0 fully saturated rings. The Morgan fingerprint density at radius 3 is 2.67 bits per heavy atom. The van der Waals surface area contributed by atoms with Gasteiger partial charge in [0.05, 0.1) is 12.2 Å². The van der Waals surface area contributed by atoms with Gasteiger partial charge in [0, 0.05) is 25.2 Å². The number of nitrogens with zero attached hydrogens (tertiary/aromatic N) is 2. The molecule has 18 heavy (non-hydrogen) atoms. The summed E-state index contributed by atoms with van der Waals surface area (Å²) in [6.07, 6.45) is 3.48. The van der Waals surface area contributed by atoms with E-state index in [1.807, 2.05) is 0 Å². The molecule has 2 rings (SSSR count). The summed E-state index contributed by atoms with van der Waals surface area (Å²) in [5.74, 6) is -0.433. The third kappa shape index (κ3) is 2.81. The van der Waals surface area contributed by atoms with Crippen LogP contribution in [-0.4, -0.2) is 15.6 Å². The fourth-order valence-electron chi connectivity index (χ4n) is 1.70. The van der Waals surface area contributed by atoms with E-state index in [0.29, 0.717) is 5.56 Å². The van der Waals surface area contributed by atoms with E-state index in [4.69, 9.17) is 5.73 Å². The maximum atomic E-state index is 12.7. The van der Waals surface area contributed by atoms with Crippen molar-refractivity contribution in [1.29, 1.82) is 0 Å². The smallest absolute Gasteiger partial charge is 0.158 e. The van der Waals surface area contributed by atoms with Gasteiger partial charge in [0.25, 0.3) is 0 Å². The van der Waals surface area contributed by atoms with Gasteiger partial charge in [-0.1, -0.05) is 12.1 Å². The van der Waals surface area contributed by atoms with Crippen molar-refractivity contribution < 1.29 is 9.18 Å². The Morgan fingerprint density at radius 2 is 2.11 bits per heavy atom. The Bertz CT molecular complexity index is 548. The van der Waals surface area contributed by atoms with Crippen molar-refractivity contribution in [2.75, 3.05) is 0 Å². The highest BCUT2D eigenvalue weighted by Gasteiger charge is 2.17. The van der Waals surface area contributed by atoms with Crippen LogP contribution in [0.4, 0.5) is 4.39 Å². The molecule has 0 amide bonds. The summed E-state index contributed by atoms with van der Waals surface area (Å²) in [4.78, 5) is 12.0. The average molecular weight is 247 g/mol. The minimum atomic E-state index is -0.691. The second-order valence-electron chi connectivity index (χ2n) is 4.19. The van der Waals surface area contributed by atoms with E-state index in [1.165, 1.54) is 12.1 Å². The van der Waals surface area contributed by atoms with Gasteiger partial charge in [-0.05, 0) is 17.7 Å². The van der Waals surface area contributed by atoms with Crippen LogP contribution < -0.4 is 5.73 Å². The van der Waals surface area contributed by atoms with Crippen LogP contribution in [0.5, 0.6) is 0 Å². The third-order valence-corrected chi connectivity index (χ3v) is 2.72. The monoisotopic (exact) mass is 247 g/mol. The lowest BCUT2D eigenvalue weighted by Gasteiger charge is -2.08. The number of Topliss-reactive ketones (excluding diaryl/α,β-unsaturated/α-hetero) is 1. The summed E-state index contributed by atoms with van der Waals surface area (Å²) in [7, 11) is 1.76. The summed E-state index contributed by atoms with van der Waals surface area (Å²) >= 11 is 0. The molecule has 0 saturated carbocycles. The van der Waals surface area contributed by atoms with Crippen molar-refractivity contribution >= 4 is 5.78 Å². The topological polar surface area (TPSA) is 60.9 Å². The second kappa shape index (κ2) is 5.10. The molecule has 1 unspecified atom stereocenters. The molecule has 0 radical (unpaired) electrons. The van der Waals surface area contributed by atoms with Gasteiger partial charge in [-0.2, -0.15) is 5.10 Å². The fraction of sp³-hybridized carbons (Fsp3) is 0.231. The molecule has 0 bridgehead atoms. The van der Waals surface area contributed by atoms with Crippen LogP contribution in [0.15, 0.2) is 36.7 Å². The lowest BCUT2D eigenvalue weighted by molar-refractivity contribution is -0.119. The predicted octanol–water partition coefficient (Wildman–Crippen LogP) is 1.37. The molecule has 1 heterocycles. The zero-order valence-corrected chi connectivity index (χ0v) is 10.0. The third-order valence-electron chi connectivity index (χ3n) is 2.72. The number of ketones is 1. The molecule has 94 valence electrons. The molecular formula is C13H14FN3O. The number of carbonyl (C=O) groups excluding carboxylic acids is 1. The average Bonchev–Trinajstić information content (AvgIpc) is 2.78. The van der Waals surface area contributed by atoms with E-state index in [0.717, 1.165) is 5.56 Å². The molecule has 5 heteroatoms. The van der Waals surface area contributed by atoms with E-state index in [2.05, 4.69) is 5.10 Å². The highest BCUT2D eigenvalue weighted by atomic mass is 19.1. The summed E-state index contributed by atoms with van der Waals surface area (Å²) < 4.78 is 14.3. The number of carbonyl (C=O) groups is 1. The van der Waals surface area contributed by atoms with Crippen molar-refractivity contribution in [3.05, 3.63) is 53.6 Å². The SMILES string of the molecule is Cn1cc(C(N)C(=O)Cc2ccc(F)cc2)cn1. The first-order chi connectivity index (χ1) is 8.56. The minimum Gasteiger partial charge on any atom is -0.318 e. The molecule has 0 aliphatic rings. The highest BCUT2D eigenvalue weighted by Crippen LogP contribution is 2.13. The van der Waals surface area contributed by atoms with Crippen LogP contribution in [-0.2, 0) is 18.3 Å².